The molecule has 1 atom stereocenters. The number of rotatable bonds is 5. The number of morpholine rings is 1. The lowest BCUT2D eigenvalue weighted by molar-refractivity contribution is 0.0171. The van der Waals surface area contributed by atoms with Crippen LogP contribution < -0.4 is 5.32 Å². The fraction of sp³-hybridized carbons (Fsp3) is 0.538. The van der Waals surface area contributed by atoms with E-state index in [4.69, 9.17) is 4.74 Å². The van der Waals surface area contributed by atoms with E-state index < -0.39 is 23.6 Å². The lowest BCUT2D eigenvalue weighted by atomic mass is 10.2. The molecule has 20 heavy (non-hydrogen) atoms. The highest BCUT2D eigenvalue weighted by atomic mass is 19.2. The van der Waals surface area contributed by atoms with Gasteiger partial charge in [-0.15, -0.1) is 0 Å². The van der Waals surface area contributed by atoms with Crippen LogP contribution in [0.25, 0.3) is 0 Å². The molecule has 1 unspecified atom stereocenters. The maximum atomic E-state index is 13.0. The molecule has 0 saturated carbocycles. The van der Waals surface area contributed by atoms with Crippen LogP contribution in [-0.2, 0) is 4.74 Å². The third-order valence-corrected chi connectivity index (χ3v) is 3.10. The summed E-state index contributed by atoms with van der Waals surface area (Å²) in [6.45, 7) is 3.33. The van der Waals surface area contributed by atoms with E-state index in [2.05, 4.69) is 5.32 Å². The van der Waals surface area contributed by atoms with E-state index in [1.807, 2.05) is 4.90 Å². The fourth-order valence-corrected chi connectivity index (χ4v) is 2.04. The first-order chi connectivity index (χ1) is 9.56. The van der Waals surface area contributed by atoms with Crippen molar-refractivity contribution in [3.63, 3.8) is 0 Å². The Bertz CT molecular complexity index is 430. The maximum absolute atomic E-state index is 13.0. The zero-order valence-electron chi connectivity index (χ0n) is 10.9. The van der Waals surface area contributed by atoms with Crippen LogP contribution in [-0.4, -0.2) is 55.5 Å². The molecule has 0 aromatic heterocycles. The molecule has 112 valence electrons. The first-order valence-electron chi connectivity index (χ1n) is 6.43. The molecular formula is C13H17F3N2O2. The molecular weight excluding hydrogens is 273 g/mol. The third kappa shape index (κ3) is 4.09. The summed E-state index contributed by atoms with van der Waals surface area (Å²) in [5, 5.41) is 12.5. The highest BCUT2D eigenvalue weighted by molar-refractivity contribution is 5.44. The average molecular weight is 290 g/mol. The second-order valence-electron chi connectivity index (χ2n) is 4.70. The van der Waals surface area contributed by atoms with E-state index in [1.165, 1.54) is 0 Å². The van der Waals surface area contributed by atoms with Crippen molar-refractivity contribution in [3.05, 3.63) is 29.6 Å². The van der Waals surface area contributed by atoms with Gasteiger partial charge in [-0.1, -0.05) is 0 Å². The number of nitrogens with one attached hydrogen (secondary N) is 1. The molecule has 1 heterocycles. The summed E-state index contributed by atoms with van der Waals surface area (Å²) in [5.41, 5.74) is 0.0995. The maximum Gasteiger partial charge on any atom is 0.194 e. The second kappa shape index (κ2) is 6.92. The predicted molar refractivity (Wildman–Crippen MR) is 68.1 cm³/mol. The van der Waals surface area contributed by atoms with Crippen LogP contribution in [0.3, 0.4) is 0 Å². The van der Waals surface area contributed by atoms with Gasteiger partial charge >= 0.3 is 0 Å². The molecule has 2 rings (SSSR count). The van der Waals surface area contributed by atoms with Gasteiger partial charge in [-0.05, 0) is 0 Å². The van der Waals surface area contributed by atoms with E-state index in [0.29, 0.717) is 19.8 Å². The van der Waals surface area contributed by atoms with Crippen LogP contribution in [0.5, 0.6) is 0 Å². The van der Waals surface area contributed by atoms with Gasteiger partial charge < -0.3 is 15.2 Å². The molecule has 4 nitrogen and oxygen atoms in total. The first-order valence-corrected chi connectivity index (χ1v) is 6.43. The van der Waals surface area contributed by atoms with E-state index in [9.17, 15) is 18.3 Å². The summed E-state index contributed by atoms with van der Waals surface area (Å²) in [6.07, 6.45) is -0.690. The number of ether oxygens (including phenoxy) is 1. The largest absolute Gasteiger partial charge is 0.390 e. The number of aliphatic hydroxyl groups is 1. The molecule has 1 saturated heterocycles. The topological polar surface area (TPSA) is 44.7 Å². The molecule has 2 N–H and O–H groups in total. The van der Waals surface area contributed by atoms with Gasteiger partial charge in [-0.2, -0.15) is 0 Å². The summed E-state index contributed by atoms with van der Waals surface area (Å²) in [6, 6.07) is 1.72. The minimum Gasteiger partial charge on any atom is -0.390 e. The molecule has 1 aromatic carbocycles. The smallest absolute Gasteiger partial charge is 0.194 e. The molecule has 1 fully saturated rings. The molecule has 1 aromatic rings. The molecule has 1 aliphatic rings. The van der Waals surface area contributed by atoms with Crippen LogP contribution in [0, 0.1) is 17.5 Å². The highest BCUT2D eigenvalue weighted by Crippen LogP contribution is 2.17. The minimum atomic E-state index is -1.50. The molecule has 0 aliphatic carbocycles. The van der Waals surface area contributed by atoms with Crippen LogP contribution in [0.1, 0.15) is 0 Å². The Labute approximate surface area is 115 Å². The second-order valence-corrected chi connectivity index (χ2v) is 4.70. The van der Waals surface area contributed by atoms with Gasteiger partial charge in [0.1, 0.15) is 0 Å². The first kappa shape index (κ1) is 15.1. The molecule has 1 aliphatic heterocycles. The van der Waals surface area contributed by atoms with Crippen molar-refractivity contribution in [1.82, 2.24) is 4.90 Å². The number of hydrogen-bond donors (Lipinski definition) is 2. The Hall–Kier alpha value is -1.31. The van der Waals surface area contributed by atoms with Gasteiger partial charge in [0.25, 0.3) is 0 Å². The van der Waals surface area contributed by atoms with Crippen molar-refractivity contribution >= 4 is 5.69 Å². The van der Waals surface area contributed by atoms with E-state index in [0.717, 1.165) is 25.2 Å². The SMILES string of the molecule is OC(CNc1cc(F)c(F)c(F)c1)CN1CCOCC1. The summed E-state index contributed by atoms with van der Waals surface area (Å²) in [5.74, 6) is -4.00. The molecule has 0 amide bonds. The van der Waals surface area contributed by atoms with Gasteiger partial charge in [0.15, 0.2) is 17.5 Å². The molecule has 0 radical (unpaired) electrons. The van der Waals surface area contributed by atoms with E-state index in [1.54, 1.807) is 0 Å². The molecule has 7 heteroatoms. The zero-order valence-corrected chi connectivity index (χ0v) is 10.9. The van der Waals surface area contributed by atoms with Crippen molar-refractivity contribution in [3.8, 4) is 0 Å². The van der Waals surface area contributed by atoms with Crippen molar-refractivity contribution in [2.75, 3.05) is 44.7 Å². The number of halogens is 3. The highest BCUT2D eigenvalue weighted by Gasteiger charge is 2.15. The predicted octanol–water partition coefficient (Wildman–Crippen LogP) is 1.21. The Morgan fingerprint density at radius 2 is 1.80 bits per heavy atom. The fourth-order valence-electron chi connectivity index (χ4n) is 2.04. The monoisotopic (exact) mass is 290 g/mol. The van der Waals surface area contributed by atoms with Crippen molar-refractivity contribution in [2.24, 2.45) is 0 Å². The zero-order chi connectivity index (χ0) is 14.5. The van der Waals surface area contributed by atoms with Crippen molar-refractivity contribution < 1.29 is 23.0 Å². The van der Waals surface area contributed by atoms with Crippen molar-refractivity contribution in [1.29, 1.82) is 0 Å². The number of anilines is 1. The Morgan fingerprint density at radius 1 is 1.20 bits per heavy atom. The number of nitrogens with zero attached hydrogens (tertiary/aromatic N) is 1. The number of benzene rings is 1. The lowest BCUT2D eigenvalue weighted by Crippen LogP contribution is -2.42. The molecule has 0 bridgehead atoms. The number of hydrogen-bond acceptors (Lipinski definition) is 4. The van der Waals surface area contributed by atoms with Gasteiger partial charge in [-0.3, -0.25) is 4.90 Å². The number of β-amino-alcohol motifs (C(OH)–C–C–N with tert-alkyl or cyclic N) is 1. The number of aliphatic hydroxyl groups excluding tert-OH is 1. The third-order valence-electron chi connectivity index (χ3n) is 3.10. The summed E-state index contributed by atoms with van der Waals surface area (Å²) >= 11 is 0. The van der Waals surface area contributed by atoms with Crippen LogP contribution >= 0.6 is 0 Å². The summed E-state index contributed by atoms with van der Waals surface area (Å²) in [4.78, 5) is 2.04. The van der Waals surface area contributed by atoms with Crippen molar-refractivity contribution in [2.45, 2.75) is 6.10 Å². The van der Waals surface area contributed by atoms with E-state index >= 15 is 0 Å². The van der Waals surface area contributed by atoms with Gasteiger partial charge in [0.05, 0.1) is 19.3 Å². The molecule has 0 spiro atoms. The van der Waals surface area contributed by atoms with Crippen LogP contribution in [0.4, 0.5) is 18.9 Å². The lowest BCUT2D eigenvalue weighted by Gasteiger charge is -2.28. The average Bonchev–Trinajstić information content (AvgIpc) is 2.43. The standard InChI is InChI=1S/C13H17F3N2O2/c14-11-5-9(6-12(15)13(11)16)17-7-10(19)8-18-1-3-20-4-2-18/h5-6,10,17,19H,1-4,7-8H2. The minimum absolute atomic E-state index is 0.0995. The van der Waals surface area contributed by atoms with E-state index in [-0.39, 0.29) is 12.2 Å². The quantitative estimate of drug-likeness (QED) is 0.800. The van der Waals surface area contributed by atoms with Gasteiger partial charge in [-0.25, -0.2) is 13.2 Å². The van der Waals surface area contributed by atoms with Crippen LogP contribution in [0.15, 0.2) is 12.1 Å². The van der Waals surface area contributed by atoms with Gasteiger partial charge in [0, 0.05) is 44.0 Å². The normalized spacial score (nSPS) is 18.0. The van der Waals surface area contributed by atoms with Gasteiger partial charge in [0.2, 0.25) is 0 Å². The summed E-state index contributed by atoms with van der Waals surface area (Å²) in [7, 11) is 0. The Balaban J connectivity index is 1.82. The Morgan fingerprint density at radius 3 is 2.40 bits per heavy atom. The summed E-state index contributed by atoms with van der Waals surface area (Å²) < 4.78 is 44.0. The Kier molecular flexibility index (Phi) is 5.22. The van der Waals surface area contributed by atoms with Crippen LogP contribution in [0.2, 0.25) is 0 Å².